The van der Waals surface area contributed by atoms with Gasteiger partial charge >= 0.3 is 5.97 Å². The van der Waals surface area contributed by atoms with Gasteiger partial charge in [-0.15, -0.1) is 0 Å². The summed E-state index contributed by atoms with van der Waals surface area (Å²) in [7, 11) is 0. The number of Topliss-reactive ketones (excluding diaryl/α,β-unsaturated/α-hetero) is 1. The fraction of sp³-hybridized carbons (Fsp3) is 0.600. The first kappa shape index (κ1) is 17.6. The highest BCUT2D eigenvalue weighted by atomic mass is 19.1. The number of ketones is 1. The van der Waals surface area contributed by atoms with Crippen molar-refractivity contribution in [3.63, 3.8) is 0 Å². The number of hydrogen-bond donors (Lipinski definition) is 1. The molecular weight excluding hydrogens is 339 g/mol. The quantitative estimate of drug-likeness (QED) is 0.819. The highest BCUT2D eigenvalue weighted by Gasteiger charge is 2.63. The van der Waals surface area contributed by atoms with E-state index in [1.54, 1.807) is 12.1 Å². The molecule has 4 unspecified atom stereocenters. The van der Waals surface area contributed by atoms with Crippen LogP contribution in [0.15, 0.2) is 24.3 Å². The normalized spacial score (nSPS) is 36.1. The van der Waals surface area contributed by atoms with Crippen molar-refractivity contribution in [1.29, 1.82) is 0 Å². The van der Waals surface area contributed by atoms with Gasteiger partial charge in [0.1, 0.15) is 11.7 Å². The number of aliphatic carboxylic acids is 1. The molecule has 140 valence electrons. The molecular formula is C20H23FO5. The lowest BCUT2D eigenvalue weighted by atomic mass is 9.50. The van der Waals surface area contributed by atoms with Crippen LogP contribution < -0.4 is 0 Å². The van der Waals surface area contributed by atoms with Crippen molar-refractivity contribution in [2.24, 2.45) is 17.8 Å². The van der Waals surface area contributed by atoms with Crippen molar-refractivity contribution in [3.8, 4) is 0 Å². The van der Waals surface area contributed by atoms with Gasteiger partial charge in [-0.05, 0) is 42.9 Å². The number of hydrogen-bond acceptors (Lipinski definition) is 4. The Bertz CT molecular complexity index is 741. The average molecular weight is 362 g/mol. The minimum atomic E-state index is -1.09. The Morgan fingerprint density at radius 1 is 1.23 bits per heavy atom. The van der Waals surface area contributed by atoms with Crippen LogP contribution in [0, 0.1) is 23.6 Å². The van der Waals surface area contributed by atoms with Crippen molar-refractivity contribution in [2.75, 3.05) is 13.2 Å². The third-order valence-corrected chi connectivity index (χ3v) is 6.73. The second-order valence-electron chi connectivity index (χ2n) is 7.72. The third kappa shape index (κ3) is 2.35. The monoisotopic (exact) mass is 362 g/mol. The van der Waals surface area contributed by atoms with E-state index in [1.165, 1.54) is 12.1 Å². The molecule has 1 spiro atoms. The lowest BCUT2D eigenvalue weighted by Gasteiger charge is -2.55. The largest absolute Gasteiger partial charge is 0.481 e. The Balaban J connectivity index is 1.83. The number of benzene rings is 1. The van der Waals surface area contributed by atoms with Gasteiger partial charge in [0.15, 0.2) is 11.6 Å². The van der Waals surface area contributed by atoms with Crippen LogP contribution >= 0.6 is 0 Å². The van der Waals surface area contributed by atoms with Gasteiger partial charge in [0.05, 0.1) is 18.6 Å². The molecule has 0 aromatic heterocycles. The van der Waals surface area contributed by atoms with Crippen LogP contribution in [0.4, 0.5) is 4.39 Å². The number of carbonyl (C=O) groups is 2. The molecule has 2 saturated carbocycles. The van der Waals surface area contributed by atoms with Crippen LogP contribution in [0.2, 0.25) is 0 Å². The topological polar surface area (TPSA) is 72.8 Å². The lowest BCUT2D eigenvalue weighted by molar-refractivity contribution is -0.236. The van der Waals surface area contributed by atoms with E-state index >= 15 is 0 Å². The molecule has 3 aliphatic rings. The zero-order valence-corrected chi connectivity index (χ0v) is 14.7. The summed E-state index contributed by atoms with van der Waals surface area (Å²) in [6.45, 7) is 3.06. The third-order valence-electron chi connectivity index (χ3n) is 6.73. The van der Waals surface area contributed by atoms with Crippen LogP contribution in [0.5, 0.6) is 0 Å². The maximum Gasteiger partial charge on any atom is 0.314 e. The fourth-order valence-electron chi connectivity index (χ4n) is 5.49. The molecule has 2 aliphatic carbocycles. The number of halogens is 1. The Morgan fingerprint density at radius 2 is 1.96 bits per heavy atom. The lowest BCUT2D eigenvalue weighted by Crippen LogP contribution is -2.61. The standard InChI is InChI=1S/C20H23FO5/c1-12-16-6-5-15(18(23)24)17(22)19(16,13-3-2-4-14(21)11-13)7-8-20(12)25-9-10-26-20/h2-4,11-12,15-16H,5-10H2,1H3,(H,23,24). The summed E-state index contributed by atoms with van der Waals surface area (Å²) < 4.78 is 25.8. The number of ether oxygens (including phenoxy) is 2. The first-order valence-electron chi connectivity index (χ1n) is 9.22. The van der Waals surface area contributed by atoms with Gasteiger partial charge in [0.25, 0.3) is 0 Å². The molecule has 5 nitrogen and oxygen atoms in total. The van der Waals surface area contributed by atoms with Gasteiger partial charge in [-0.1, -0.05) is 19.1 Å². The van der Waals surface area contributed by atoms with Crippen LogP contribution in [0.25, 0.3) is 0 Å². The summed E-state index contributed by atoms with van der Waals surface area (Å²) in [5.41, 5.74) is -0.415. The molecule has 0 radical (unpaired) electrons. The van der Waals surface area contributed by atoms with E-state index in [2.05, 4.69) is 0 Å². The summed E-state index contributed by atoms with van der Waals surface area (Å²) >= 11 is 0. The molecule has 1 aromatic carbocycles. The maximum absolute atomic E-state index is 14.0. The smallest absolute Gasteiger partial charge is 0.314 e. The molecule has 1 N–H and O–H groups in total. The number of carbonyl (C=O) groups excluding carboxylic acids is 1. The Labute approximate surface area is 151 Å². The molecule has 0 bridgehead atoms. The van der Waals surface area contributed by atoms with Gasteiger partial charge in [-0.2, -0.15) is 0 Å². The summed E-state index contributed by atoms with van der Waals surface area (Å²) in [6, 6.07) is 6.06. The molecule has 4 atom stereocenters. The predicted octanol–water partition coefficient (Wildman–Crippen LogP) is 2.92. The highest BCUT2D eigenvalue weighted by molar-refractivity contribution is 6.05. The van der Waals surface area contributed by atoms with Crippen molar-refractivity contribution in [3.05, 3.63) is 35.6 Å². The SMILES string of the molecule is CC1C2CCC(C(=O)O)C(=O)C2(c2cccc(F)c2)CCC12OCCO2. The van der Waals surface area contributed by atoms with Gasteiger partial charge in [0.2, 0.25) is 0 Å². The number of fused-ring (bicyclic) bond motifs is 1. The minimum absolute atomic E-state index is 0.0827. The van der Waals surface area contributed by atoms with E-state index in [-0.39, 0.29) is 17.6 Å². The zero-order chi connectivity index (χ0) is 18.5. The van der Waals surface area contributed by atoms with E-state index < -0.39 is 28.9 Å². The summed E-state index contributed by atoms with van der Waals surface area (Å²) in [5, 5.41) is 9.54. The summed E-state index contributed by atoms with van der Waals surface area (Å²) in [6.07, 6.45) is 1.79. The highest BCUT2D eigenvalue weighted by Crippen LogP contribution is 2.58. The molecule has 3 fully saturated rings. The van der Waals surface area contributed by atoms with Crippen LogP contribution in [0.1, 0.15) is 38.2 Å². The van der Waals surface area contributed by atoms with Crippen molar-refractivity contribution < 1.29 is 28.6 Å². The number of carboxylic acid groups (broad SMARTS) is 1. The van der Waals surface area contributed by atoms with E-state index in [1.807, 2.05) is 6.92 Å². The van der Waals surface area contributed by atoms with Crippen LogP contribution in [0.3, 0.4) is 0 Å². The average Bonchev–Trinajstić information content (AvgIpc) is 3.08. The predicted molar refractivity (Wildman–Crippen MR) is 90.0 cm³/mol. The first-order valence-corrected chi connectivity index (χ1v) is 9.22. The van der Waals surface area contributed by atoms with Gasteiger partial charge in [-0.3, -0.25) is 9.59 Å². The Kier molecular flexibility index (Phi) is 4.15. The molecule has 1 aromatic rings. The van der Waals surface area contributed by atoms with Gasteiger partial charge in [0, 0.05) is 12.3 Å². The molecule has 26 heavy (non-hydrogen) atoms. The second-order valence-corrected chi connectivity index (χ2v) is 7.72. The van der Waals surface area contributed by atoms with E-state index in [0.29, 0.717) is 44.5 Å². The Morgan fingerprint density at radius 3 is 2.62 bits per heavy atom. The minimum Gasteiger partial charge on any atom is -0.481 e. The fourth-order valence-corrected chi connectivity index (χ4v) is 5.49. The van der Waals surface area contributed by atoms with Crippen molar-refractivity contribution >= 4 is 11.8 Å². The zero-order valence-electron chi connectivity index (χ0n) is 14.7. The molecule has 1 heterocycles. The molecule has 0 amide bonds. The number of rotatable bonds is 2. The van der Waals surface area contributed by atoms with Gasteiger partial charge in [-0.25, -0.2) is 4.39 Å². The van der Waals surface area contributed by atoms with E-state index in [4.69, 9.17) is 9.47 Å². The molecule has 1 aliphatic heterocycles. The van der Waals surface area contributed by atoms with E-state index in [9.17, 15) is 19.1 Å². The maximum atomic E-state index is 14.0. The molecule has 6 heteroatoms. The van der Waals surface area contributed by atoms with Crippen molar-refractivity contribution in [2.45, 2.75) is 43.8 Å². The van der Waals surface area contributed by atoms with Crippen molar-refractivity contribution in [1.82, 2.24) is 0 Å². The van der Waals surface area contributed by atoms with Crippen LogP contribution in [-0.2, 0) is 24.5 Å². The van der Waals surface area contributed by atoms with Gasteiger partial charge < -0.3 is 14.6 Å². The molecule has 4 rings (SSSR count). The summed E-state index contributed by atoms with van der Waals surface area (Å²) in [4.78, 5) is 25.1. The summed E-state index contributed by atoms with van der Waals surface area (Å²) in [5.74, 6) is -3.78. The van der Waals surface area contributed by atoms with Crippen LogP contribution in [-0.4, -0.2) is 35.9 Å². The van der Waals surface area contributed by atoms with E-state index in [0.717, 1.165) is 0 Å². The molecule has 1 saturated heterocycles. The second kappa shape index (κ2) is 6.13. The Hall–Kier alpha value is -1.79. The number of carboxylic acids is 1. The first-order chi connectivity index (χ1) is 12.4.